The van der Waals surface area contributed by atoms with E-state index in [1.54, 1.807) is 0 Å². The predicted molar refractivity (Wildman–Crippen MR) is 81.9 cm³/mol. The first-order valence-corrected chi connectivity index (χ1v) is 6.97. The van der Waals surface area contributed by atoms with Gasteiger partial charge in [-0.1, -0.05) is 32.9 Å². The summed E-state index contributed by atoms with van der Waals surface area (Å²) in [4.78, 5) is 0. The van der Waals surface area contributed by atoms with Gasteiger partial charge in [0.2, 0.25) is 0 Å². The molecule has 0 saturated heterocycles. The van der Waals surface area contributed by atoms with Crippen molar-refractivity contribution in [2.75, 3.05) is 7.05 Å². The highest BCUT2D eigenvalue weighted by atomic mass is 16.3. The van der Waals surface area contributed by atoms with E-state index in [-0.39, 0.29) is 11.5 Å². The fourth-order valence-corrected chi connectivity index (χ4v) is 2.70. The molecule has 0 aliphatic heterocycles. The van der Waals surface area contributed by atoms with Crippen LogP contribution in [-0.2, 0) is 5.41 Å². The molecule has 1 atom stereocenters. The molecule has 0 aliphatic rings. The molecule has 0 radical (unpaired) electrons. The second-order valence-corrected chi connectivity index (χ2v) is 6.49. The first-order valence-electron chi connectivity index (χ1n) is 6.97. The van der Waals surface area contributed by atoms with Gasteiger partial charge in [-0.3, -0.25) is 0 Å². The van der Waals surface area contributed by atoms with Gasteiger partial charge in [0.1, 0.15) is 11.3 Å². The van der Waals surface area contributed by atoms with Gasteiger partial charge in [0.25, 0.3) is 0 Å². The Morgan fingerprint density at radius 2 is 1.79 bits per heavy atom. The average Bonchev–Trinajstić information content (AvgIpc) is 2.66. The highest BCUT2D eigenvalue weighted by Crippen LogP contribution is 2.37. The van der Waals surface area contributed by atoms with Crippen molar-refractivity contribution in [3.05, 3.63) is 34.6 Å². The van der Waals surface area contributed by atoms with Gasteiger partial charge in [-0.15, -0.1) is 0 Å². The van der Waals surface area contributed by atoms with Gasteiger partial charge >= 0.3 is 0 Å². The Labute approximate surface area is 116 Å². The minimum absolute atomic E-state index is 0.0936. The molecule has 2 nitrogen and oxygen atoms in total. The Morgan fingerprint density at radius 1 is 1.16 bits per heavy atom. The van der Waals surface area contributed by atoms with Gasteiger partial charge in [0, 0.05) is 16.5 Å². The number of furan rings is 1. The van der Waals surface area contributed by atoms with Gasteiger partial charge in [0.15, 0.2) is 0 Å². The summed E-state index contributed by atoms with van der Waals surface area (Å²) in [6.07, 6.45) is 0. The largest absolute Gasteiger partial charge is 0.459 e. The Bertz CT molecular complexity index is 602. The molecule has 2 heteroatoms. The van der Waals surface area contributed by atoms with Crippen LogP contribution in [0.15, 0.2) is 16.5 Å². The quantitative estimate of drug-likeness (QED) is 0.850. The zero-order valence-electron chi connectivity index (χ0n) is 13.1. The summed E-state index contributed by atoms with van der Waals surface area (Å²) in [6, 6.07) is 4.65. The maximum Gasteiger partial charge on any atom is 0.138 e. The molecular formula is C17H25NO. The van der Waals surface area contributed by atoms with Gasteiger partial charge in [-0.2, -0.15) is 0 Å². The van der Waals surface area contributed by atoms with Crippen molar-refractivity contribution in [3.8, 4) is 0 Å². The molecule has 1 aromatic heterocycles. The van der Waals surface area contributed by atoms with E-state index in [2.05, 4.69) is 59.0 Å². The monoisotopic (exact) mass is 259 g/mol. The molecule has 1 N–H and O–H groups in total. The second kappa shape index (κ2) is 4.68. The summed E-state index contributed by atoms with van der Waals surface area (Å²) >= 11 is 0. The normalized spacial score (nSPS) is 14.1. The SMILES string of the molecule is CNC(C)c1oc2c(C(C)(C)C)ccc(C)c2c1C. The molecule has 0 spiro atoms. The molecule has 0 amide bonds. The van der Waals surface area contributed by atoms with Crippen molar-refractivity contribution in [2.45, 2.75) is 53.0 Å². The van der Waals surface area contributed by atoms with Crippen molar-refractivity contribution < 1.29 is 4.42 Å². The molecule has 2 aromatic rings. The molecule has 0 fully saturated rings. The lowest BCUT2D eigenvalue weighted by Crippen LogP contribution is -2.12. The molecule has 1 aromatic carbocycles. The summed E-state index contributed by atoms with van der Waals surface area (Å²) in [6.45, 7) is 13.2. The van der Waals surface area contributed by atoms with Crippen LogP contribution in [0.2, 0.25) is 0 Å². The van der Waals surface area contributed by atoms with E-state index in [0.29, 0.717) is 0 Å². The van der Waals surface area contributed by atoms with E-state index >= 15 is 0 Å². The lowest BCUT2D eigenvalue weighted by atomic mass is 9.85. The highest BCUT2D eigenvalue weighted by Gasteiger charge is 2.24. The van der Waals surface area contributed by atoms with Crippen LogP contribution in [0.4, 0.5) is 0 Å². The molecule has 19 heavy (non-hydrogen) atoms. The topological polar surface area (TPSA) is 25.2 Å². The standard InChI is InChI=1S/C17H25NO/c1-10-8-9-13(17(4,5)6)16-14(10)11(2)15(19-16)12(3)18-7/h8-9,12,18H,1-7H3. The molecule has 0 aliphatic carbocycles. The number of rotatable bonds is 2. The minimum Gasteiger partial charge on any atom is -0.459 e. The van der Waals surface area contributed by atoms with Crippen LogP contribution in [-0.4, -0.2) is 7.05 Å². The molecule has 1 unspecified atom stereocenters. The average molecular weight is 259 g/mol. The van der Waals surface area contributed by atoms with Gasteiger partial charge in [0.05, 0.1) is 6.04 Å². The third-order valence-corrected chi connectivity index (χ3v) is 3.96. The lowest BCUT2D eigenvalue weighted by molar-refractivity contribution is 0.463. The number of nitrogens with one attached hydrogen (secondary N) is 1. The fourth-order valence-electron chi connectivity index (χ4n) is 2.70. The first-order chi connectivity index (χ1) is 8.77. The van der Waals surface area contributed by atoms with E-state index in [1.807, 2.05) is 7.05 Å². The molecule has 1 heterocycles. The summed E-state index contributed by atoms with van der Waals surface area (Å²) in [5, 5.41) is 4.55. The molecule has 0 saturated carbocycles. The van der Waals surface area contributed by atoms with Crippen LogP contribution in [0, 0.1) is 13.8 Å². The van der Waals surface area contributed by atoms with E-state index in [4.69, 9.17) is 4.42 Å². The predicted octanol–water partition coefficient (Wildman–Crippen LogP) is 4.63. The molecule has 104 valence electrons. The number of fused-ring (bicyclic) bond motifs is 1. The van der Waals surface area contributed by atoms with Crippen LogP contribution >= 0.6 is 0 Å². The Kier molecular flexibility index (Phi) is 3.48. The Morgan fingerprint density at radius 3 is 2.32 bits per heavy atom. The van der Waals surface area contributed by atoms with Crippen molar-refractivity contribution in [3.63, 3.8) is 0 Å². The highest BCUT2D eigenvalue weighted by molar-refractivity contribution is 5.88. The van der Waals surface area contributed by atoms with Crippen LogP contribution in [0.1, 0.15) is 56.2 Å². The molecule has 2 rings (SSSR count). The zero-order chi connectivity index (χ0) is 14.4. The van der Waals surface area contributed by atoms with Crippen molar-refractivity contribution in [1.29, 1.82) is 0 Å². The third kappa shape index (κ3) is 2.30. The van der Waals surface area contributed by atoms with Gasteiger partial charge in [-0.25, -0.2) is 0 Å². The summed E-state index contributed by atoms with van der Waals surface area (Å²) < 4.78 is 6.23. The van der Waals surface area contributed by atoms with Crippen molar-refractivity contribution in [2.24, 2.45) is 0 Å². The zero-order valence-corrected chi connectivity index (χ0v) is 13.1. The minimum atomic E-state index is 0.0936. The van der Waals surface area contributed by atoms with Crippen LogP contribution < -0.4 is 5.32 Å². The maximum absolute atomic E-state index is 6.23. The summed E-state index contributed by atoms with van der Waals surface area (Å²) in [5.74, 6) is 1.05. The Balaban J connectivity index is 2.81. The summed E-state index contributed by atoms with van der Waals surface area (Å²) in [5.41, 5.74) is 4.99. The van der Waals surface area contributed by atoms with E-state index in [9.17, 15) is 0 Å². The van der Waals surface area contributed by atoms with Crippen molar-refractivity contribution >= 4 is 11.0 Å². The number of hydrogen-bond acceptors (Lipinski definition) is 2. The molecule has 0 bridgehead atoms. The number of hydrogen-bond donors (Lipinski definition) is 1. The summed E-state index contributed by atoms with van der Waals surface area (Å²) in [7, 11) is 1.97. The van der Waals surface area contributed by atoms with Crippen molar-refractivity contribution in [1.82, 2.24) is 5.32 Å². The maximum atomic E-state index is 6.23. The number of aryl methyl sites for hydroxylation is 2. The van der Waals surface area contributed by atoms with Gasteiger partial charge in [-0.05, 0) is 38.8 Å². The van der Waals surface area contributed by atoms with E-state index < -0.39 is 0 Å². The van der Waals surface area contributed by atoms with E-state index in [1.165, 1.54) is 22.1 Å². The van der Waals surface area contributed by atoms with Crippen LogP contribution in [0.3, 0.4) is 0 Å². The third-order valence-electron chi connectivity index (χ3n) is 3.96. The van der Waals surface area contributed by atoms with Gasteiger partial charge < -0.3 is 9.73 Å². The molecular weight excluding hydrogens is 234 g/mol. The first kappa shape index (κ1) is 14.1. The number of benzene rings is 1. The van der Waals surface area contributed by atoms with Crippen LogP contribution in [0.5, 0.6) is 0 Å². The van der Waals surface area contributed by atoms with E-state index in [0.717, 1.165) is 11.3 Å². The smallest absolute Gasteiger partial charge is 0.138 e. The lowest BCUT2D eigenvalue weighted by Gasteiger charge is -2.19. The Hall–Kier alpha value is -1.28. The fraction of sp³-hybridized carbons (Fsp3) is 0.529. The second-order valence-electron chi connectivity index (χ2n) is 6.49. The van der Waals surface area contributed by atoms with Crippen LogP contribution in [0.25, 0.3) is 11.0 Å².